The first-order chi connectivity index (χ1) is 16.0. The molecule has 0 saturated carbocycles. The van der Waals surface area contributed by atoms with E-state index in [0.29, 0.717) is 30.8 Å². The summed E-state index contributed by atoms with van der Waals surface area (Å²) in [6.07, 6.45) is 7.59. The molecule has 1 aromatic heterocycles. The van der Waals surface area contributed by atoms with E-state index >= 15 is 0 Å². The van der Waals surface area contributed by atoms with E-state index in [1.165, 1.54) is 9.87 Å². The number of piperidine rings is 1. The number of aromatic nitrogens is 2. The van der Waals surface area contributed by atoms with Gasteiger partial charge in [0.2, 0.25) is 10.0 Å². The molecule has 8 heteroatoms. The number of sulfonamides is 1. The normalized spacial score (nSPS) is 17.1. The van der Waals surface area contributed by atoms with Crippen LogP contribution in [0.5, 0.6) is 0 Å². The molecule has 33 heavy (non-hydrogen) atoms. The second kappa shape index (κ2) is 9.11. The van der Waals surface area contributed by atoms with Crippen LogP contribution in [0.2, 0.25) is 0 Å². The van der Waals surface area contributed by atoms with Gasteiger partial charge in [0.1, 0.15) is 6.61 Å². The van der Waals surface area contributed by atoms with Crippen molar-refractivity contribution in [3.8, 4) is 5.69 Å². The van der Waals surface area contributed by atoms with E-state index < -0.39 is 10.0 Å². The Balaban J connectivity index is 1.14. The number of rotatable bonds is 6. The fraction of sp³-hybridized carbons (Fsp3) is 0.360. The van der Waals surface area contributed by atoms with Crippen molar-refractivity contribution in [1.29, 1.82) is 0 Å². The first-order valence-corrected chi connectivity index (χ1v) is 12.8. The molecular formula is C25H27N3O4S. The smallest absolute Gasteiger partial charge is 0.309 e. The zero-order valence-electron chi connectivity index (χ0n) is 18.4. The fourth-order valence-electron chi connectivity index (χ4n) is 4.63. The SMILES string of the molecule is O=C(OCc1ccc(-n2cccn2)cc1)C1CCN(S(=O)(=O)c2ccc3c(c2)CCC3)CC1. The third-order valence-corrected chi connectivity index (χ3v) is 8.48. The van der Waals surface area contributed by atoms with E-state index in [1.807, 2.05) is 48.7 Å². The van der Waals surface area contributed by atoms with Crippen LogP contribution in [0.3, 0.4) is 0 Å². The molecule has 172 valence electrons. The molecule has 0 N–H and O–H groups in total. The first kappa shape index (κ1) is 21.9. The number of ether oxygens (including phenoxy) is 1. The summed E-state index contributed by atoms with van der Waals surface area (Å²) >= 11 is 0. The van der Waals surface area contributed by atoms with Crippen molar-refractivity contribution in [3.05, 3.63) is 77.6 Å². The second-order valence-electron chi connectivity index (χ2n) is 8.69. The molecule has 0 radical (unpaired) electrons. The number of benzene rings is 2. The van der Waals surface area contributed by atoms with Crippen LogP contribution in [0.4, 0.5) is 0 Å². The number of hydrogen-bond donors (Lipinski definition) is 0. The number of carbonyl (C=O) groups is 1. The maximum atomic E-state index is 13.1. The summed E-state index contributed by atoms with van der Waals surface area (Å²) in [6.45, 7) is 0.862. The zero-order valence-corrected chi connectivity index (χ0v) is 19.2. The predicted octanol–water partition coefficient (Wildman–Crippen LogP) is 3.51. The lowest BCUT2D eigenvalue weighted by Gasteiger charge is -2.30. The van der Waals surface area contributed by atoms with Crippen LogP contribution in [0.1, 0.15) is 36.0 Å². The molecule has 1 saturated heterocycles. The van der Waals surface area contributed by atoms with Crippen LogP contribution < -0.4 is 0 Å². The van der Waals surface area contributed by atoms with Gasteiger partial charge in [0.25, 0.3) is 0 Å². The van der Waals surface area contributed by atoms with Crippen LogP contribution in [0, 0.1) is 5.92 Å². The van der Waals surface area contributed by atoms with Crippen molar-refractivity contribution in [1.82, 2.24) is 14.1 Å². The van der Waals surface area contributed by atoms with Crippen LogP contribution in [0.15, 0.2) is 65.8 Å². The van der Waals surface area contributed by atoms with Gasteiger partial charge >= 0.3 is 5.97 Å². The monoisotopic (exact) mass is 465 g/mol. The lowest BCUT2D eigenvalue weighted by molar-refractivity contribution is -0.151. The van der Waals surface area contributed by atoms with Crippen LogP contribution in [0.25, 0.3) is 5.69 Å². The third-order valence-electron chi connectivity index (χ3n) is 6.58. The second-order valence-corrected chi connectivity index (χ2v) is 10.6. The highest BCUT2D eigenvalue weighted by Gasteiger charge is 2.33. The summed E-state index contributed by atoms with van der Waals surface area (Å²) in [7, 11) is -3.54. The molecule has 0 amide bonds. The molecule has 0 bridgehead atoms. The van der Waals surface area contributed by atoms with Gasteiger partial charge in [-0.25, -0.2) is 13.1 Å². The highest BCUT2D eigenvalue weighted by Crippen LogP contribution is 2.29. The summed E-state index contributed by atoms with van der Waals surface area (Å²) in [6, 6.07) is 15.0. The van der Waals surface area contributed by atoms with E-state index in [9.17, 15) is 13.2 Å². The number of nitrogens with zero attached hydrogens (tertiary/aromatic N) is 3. The number of carbonyl (C=O) groups excluding carboxylic acids is 1. The van der Waals surface area contributed by atoms with E-state index in [0.717, 1.165) is 36.1 Å². The van der Waals surface area contributed by atoms with Gasteiger partial charge in [-0.05, 0) is 79.1 Å². The molecule has 0 spiro atoms. The summed E-state index contributed by atoms with van der Waals surface area (Å²) in [5.74, 6) is -0.541. The van der Waals surface area contributed by atoms with Gasteiger partial charge in [-0.1, -0.05) is 18.2 Å². The van der Waals surface area contributed by atoms with E-state index in [2.05, 4.69) is 5.10 Å². The van der Waals surface area contributed by atoms with Gasteiger partial charge in [-0.15, -0.1) is 0 Å². The van der Waals surface area contributed by atoms with Gasteiger partial charge in [0, 0.05) is 25.5 Å². The van der Waals surface area contributed by atoms with Gasteiger partial charge in [-0.3, -0.25) is 4.79 Å². The largest absolute Gasteiger partial charge is 0.461 e. The minimum atomic E-state index is -3.54. The van der Waals surface area contributed by atoms with Crippen molar-refractivity contribution in [2.45, 2.75) is 43.6 Å². The molecule has 2 heterocycles. The average molecular weight is 466 g/mol. The Bertz CT molecular complexity index is 1230. The Hall–Kier alpha value is -2.97. The van der Waals surface area contributed by atoms with Crippen molar-refractivity contribution in [2.24, 2.45) is 5.92 Å². The van der Waals surface area contributed by atoms with E-state index in [4.69, 9.17) is 4.74 Å². The molecule has 1 fully saturated rings. The Labute approximate surface area is 194 Å². The number of aryl methyl sites for hydroxylation is 2. The quantitative estimate of drug-likeness (QED) is 0.521. The van der Waals surface area contributed by atoms with E-state index in [1.54, 1.807) is 16.9 Å². The standard InChI is InChI=1S/C25H27N3O4S/c29-25(32-18-19-5-8-23(9-6-19)28-14-2-13-26-28)21-11-15-27(16-12-21)33(30,31)24-10-7-20-3-1-4-22(20)17-24/h2,5-10,13-14,17,21H,1,3-4,11-12,15-16,18H2. The minimum Gasteiger partial charge on any atom is -0.461 e. The number of esters is 1. The Morgan fingerprint density at radius 2 is 1.79 bits per heavy atom. The Morgan fingerprint density at radius 3 is 2.52 bits per heavy atom. The van der Waals surface area contributed by atoms with Crippen molar-refractivity contribution < 1.29 is 17.9 Å². The topological polar surface area (TPSA) is 81.5 Å². The summed E-state index contributed by atoms with van der Waals surface area (Å²) in [4.78, 5) is 12.9. The Kier molecular flexibility index (Phi) is 6.03. The third kappa shape index (κ3) is 4.58. The van der Waals surface area contributed by atoms with E-state index in [-0.39, 0.29) is 18.5 Å². The maximum Gasteiger partial charge on any atom is 0.309 e. The van der Waals surface area contributed by atoms with Gasteiger partial charge < -0.3 is 4.74 Å². The molecule has 2 aliphatic rings. The van der Waals surface area contributed by atoms with Gasteiger partial charge in [-0.2, -0.15) is 9.40 Å². The van der Waals surface area contributed by atoms with Crippen LogP contribution >= 0.6 is 0 Å². The first-order valence-electron chi connectivity index (χ1n) is 11.4. The molecule has 1 aliphatic carbocycles. The summed E-state index contributed by atoms with van der Waals surface area (Å²) < 4.78 is 35.0. The highest BCUT2D eigenvalue weighted by molar-refractivity contribution is 7.89. The van der Waals surface area contributed by atoms with Crippen LogP contribution in [-0.2, 0) is 39.0 Å². The molecular weight excluding hydrogens is 438 g/mol. The molecule has 0 unspecified atom stereocenters. The van der Waals surface area contributed by atoms with Gasteiger partial charge in [0.15, 0.2) is 0 Å². The van der Waals surface area contributed by atoms with Crippen LogP contribution in [-0.4, -0.2) is 41.6 Å². The van der Waals surface area contributed by atoms with Crippen molar-refractivity contribution >= 4 is 16.0 Å². The lowest BCUT2D eigenvalue weighted by Crippen LogP contribution is -2.40. The molecule has 1 aliphatic heterocycles. The lowest BCUT2D eigenvalue weighted by atomic mass is 9.98. The maximum absolute atomic E-state index is 13.1. The predicted molar refractivity (Wildman–Crippen MR) is 123 cm³/mol. The minimum absolute atomic E-state index is 0.200. The molecule has 2 aromatic carbocycles. The fourth-order valence-corrected chi connectivity index (χ4v) is 6.15. The average Bonchev–Trinajstić information content (AvgIpc) is 3.55. The molecule has 5 rings (SSSR count). The number of fused-ring (bicyclic) bond motifs is 1. The Morgan fingerprint density at radius 1 is 1.03 bits per heavy atom. The number of hydrogen-bond acceptors (Lipinski definition) is 5. The molecule has 3 aromatic rings. The zero-order chi connectivity index (χ0) is 22.8. The summed E-state index contributed by atoms with van der Waals surface area (Å²) in [5.41, 5.74) is 4.24. The van der Waals surface area contributed by atoms with Crippen molar-refractivity contribution in [2.75, 3.05) is 13.1 Å². The molecule has 0 atom stereocenters. The van der Waals surface area contributed by atoms with Crippen molar-refractivity contribution in [3.63, 3.8) is 0 Å². The highest BCUT2D eigenvalue weighted by atomic mass is 32.2. The summed E-state index contributed by atoms with van der Waals surface area (Å²) in [5, 5.41) is 4.19. The van der Waals surface area contributed by atoms with Gasteiger partial charge in [0.05, 0.1) is 16.5 Å². The molecule has 7 nitrogen and oxygen atoms in total.